The van der Waals surface area contributed by atoms with Crippen molar-refractivity contribution in [1.82, 2.24) is 0 Å². The topological polar surface area (TPSA) is 237 Å². The van der Waals surface area contributed by atoms with Gasteiger partial charge in [-0.25, -0.2) is 9.18 Å². The van der Waals surface area contributed by atoms with Crippen molar-refractivity contribution in [3.05, 3.63) is 47.6 Å². The molecule has 15 nitrogen and oxygen atoms in total. The number of halogens is 1. The zero-order valence-corrected chi connectivity index (χ0v) is 37.6. The van der Waals surface area contributed by atoms with E-state index in [-0.39, 0.29) is 55.0 Å². The molecule has 4 N–H and O–H groups in total. The van der Waals surface area contributed by atoms with Crippen LogP contribution in [0.3, 0.4) is 0 Å². The zero-order chi connectivity index (χ0) is 47.3. The van der Waals surface area contributed by atoms with Gasteiger partial charge in [-0.05, 0) is 113 Å². The minimum Gasteiger partial charge on any atom is -0.458 e. The second-order valence-corrected chi connectivity index (χ2v) is 21.1. The van der Waals surface area contributed by atoms with Gasteiger partial charge in [0.1, 0.15) is 11.2 Å². The first-order valence-electron chi connectivity index (χ1n) is 23.0. The molecule has 15 atom stereocenters. The summed E-state index contributed by atoms with van der Waals surface area (Å²) in [5.41, 5.74) is -8.58. The molecule has 0 aromatic heterocycles. The van der Waals surface area contributed by atoms with E-state index in [2.05, 4.69) is 0 Å². The molecule has 0 saturated heterocycles. The maximum absolute atomic E-state index is 17.4. The van der Waals surface area contributed by atoms with Crippen molar-refractivity contribution >= 4 is 41.2 Å². The third-order valence-corrected chi connectivity index (χ3v) is 18.4. The number of ether oxygens (including phenoxy) is 4. The zero-order valence-electron chi connectivity index (χ0n) is 37.6. The van der Waals surface area contributed by atoms with Gasteiger partial charge in [0.2, 0.25) is 18.4 Å². The Morgan fingerprint density at radius 3 is 2.08 bits per heavy atom. The predicted octanol–water partition coefficient (Wildman–Crippen LogP) is 4.46. The number of rotatable bonds is 11. The van der Waals surface area contributed by atoms with Crippen molar-refractivity contribution in [2.75, 3.05) is 20.0 Å². The number of Topliss-reactive ketones (excluding diaryl/α,β-unsaturated/α-hetero) is 2. The summed E-state index contributed by atoms with van der Waals surface area (Å²) in [4.78, 5) is 89.0. The third-order valence-electron chi connectivity index (χ3n) is 18.4. The second-order valence-electron chi connectivity index (χ2n) is 21.1. The van der Waals surface area contributed by atoms with Crippen LogP contribution in [0.4, 0.5) is 9.18 Å². The Morgan fingerprint density at radius 2 is 1.37 bits per heavy atom. The lowest BCUT2D eigenvalue weighted by Crippen LogP contribution is -2.69. The predicted molar refractivity (Wildman–Crippen MR) is 224 cm³/mol. The summed E-state index contributed by atoms with van der Waals surface area (Å²) in [7, 11) is 0. The maximum atomic E-state index is 17.4. The Bertz CT molecular complexity index is 2210. The summed E-state index contributed by atoms with van der Waals surface area (Å²) in [6.45, 7) is 6.21. The standard InChI is InChI=1S/C49H61FO15/c1-26-18-34-33-9-7-28-20-30(52)13-16-44(28,3)48(33,50)36(54)22-46(34,5)49(26,61)38(56)24-63-42(59)65-25-64-40(58)11-10-39(57)62-23-37(55)47(60)17-14-32-31-8-6-27-19-29(51)12-15-43(27,2)41(31)35(53)21-45(32,47)4/h12-13,15-16,19-20,26,31-36,41,53-54,60-61H,6-11,14,17-18,21-25H2,1-5H3/t26-,31?,32?,33?,34?,35+,36+,41?,43+,44+,45+,46+,47+,48+,49+/m1/s1. The highest BCUT2D eigenvalue weighted by Gasteiger charge is 2.76. The summed E-state index contributed by atoms with van der Waals surface area (Å²) in [5, 5.41) is 47.2. The molecule has 0 spiro atoms. The molecular formula is C49H61FO15. The molecule has 6 fully saturated rings. The molecule has 0 radical (unpaired) electrons. The number of aliphatic hydroxyl groups is 4. The van der Waals surface area contributed by atoms with Gasteiger partial charge in [0, 0.05) is 33.5 Å². The molecule has 6 saturated carbocycles. The Balaban J connectivity index is 0.776. The minimum absolute atomic E-state index is 0.00997. The Labute approximate surface area is 376 Å². The molecular weight excluding hydrogens is 848 g/mol. The van der Waals surface area contributed by atoms with E-state index in [1.165, 1.54) is 18.2 Å². The lowest BCUT2D eigenvalue weighted by atomic mass is 9.44. The molecule has 0 aliphatic heterocycles. The minimum atomic E-state index is -2.16. The van der Waals surface area contributed by atoms with E-state index in [0.717, 1.165) is 5.57 Å². The molecule has 8 aliphatic carbocycles. The fraction of sp³-hybridized carbons (Fsp3) is 0.694. The van der Waals surface area contributed by atoms with Crippen LogP contribution in [0.15, 0.2) is 47.6 Å². The van der Waals surface area contributed by atoms with Crippen LogP contribution in [-0.2, 0) is 47.7 Å². The number of carbonyl (C=O) groups excluding carboxylic acids is 7. The molecule has 65 heavy (non-hydrogen) atoms. The number of hydrogen-bond acceptors (Lipinski definition) is 15. The summed E-state index contributed by atoms with van der Waals surface area (Å²) >= 11 is 0. The Hall–Kier alpha value is -4.38. The lowest BCUT2D eigenvalue weighted by Gasteiger charge is -2.62. The molecule has 0 amide bonds. The number of allylic oxidation sites excluding steroid dienone is 8. The average molecular weight is 909 g/mol. The van der Waals surface area contributed by atoms with Crippen molar-refractivity contribution in [2.45, 2.75) is 134 Å². The van der Waals surface area contributed by atoms with Crippen LogP contribution >= 0.6 is 0 Å². The number of ketones is 4. The number of carbonyl (C=O) groups is 7. The molecule has 8 aliphatic rings. The van der Waals surface area contributed by atoms with Crippen molar-refractivity contribution in [2.24, 2.45) is 57.2 Å². The van der Waals surface area contributed by atoms with E-state index < -0.39 is 131 Å². The van der Waals surface area contributed by atoms with Crippen molar-refractivity contribution in [1.29, 1.82) is 0 Å². The Kier molecular flexibility index (Phi) is 11.7. The van der Waals surface area contributed by atoms with Gasteiger partial charge in [-0.2, -0.15) is 0 Å². The second kappa shape index (κ2) is 16.2. The van der Waals surface area contributed by atoms with Crippen LogP contribution in [0.2, 0.25) is 0 Å². The van der Waals surface area contributed by atoms with Gasteiger partial charge >= 0.3 is 18.1 Å². The maximum Gasteiger partial charge on any atom is 0.511 e. The largest absolute Gasteiger partial charge is 0.511 e. The number of esters is 2. The number of aliphatic hydroxyl groups excluding tert-OH is 2. The molecule has 354 valence electrons. The van der Waals surface area contributed by atoms with Crippen molar-refractivity contribution in [3.8, 4) is 0 Å². The van der Waals surface area contributed by atoms with Crippen LogP contribution in [-0.4, -0.2) is 111 Å². The van der Waals surface area contributed by atoms with Crippen molar-refractivity contribution < 1.29 is 77.3 Å². The fourth-order valence-corrected chi connectivity index (χ4v) is 15.0. The van der Waals surface area contributed by atoms with E-state index in [9.17, 15) is 54.0 Å². The number of hydrogen-bond donors (Lipinski definition) is 4. The van der Waals surface area contributed by atoms with Gasteiger partial charge in [-0.15, -0.1) is 0 Å². The summed E-state index contributed by atoms with van der Waals surface area (Å²) < 4.78 is 37.3. The normalized spacial score (nSPS) is 44.5. The third kappa shape index (κ3) is 6.88. The van der Waals surface area contributed by atoms with Gasteiger partial charge < -0.3 is 39.4 Å². The SMILES string of the molecule is C[C@@H]1CC2C3CCC4=CC(=O)C=C[C@]4(C)[C@@]3(F)[C@@H](O)C[C@]2(C)[C@@]1(O)C(=O)COC(=O)OCOC(=O)CCC(=O)OCC(=O)[C@@]1(O)CCC2C3CCC4=CC(=O)C=C[C@]4(C)C3[C@@H](O)C[C@@]21C. The smallest absolute Gasteiger partial charge is 0.458 e. The monoisotopic (exact) mass is 908 g/mol. The van der Waals surface area contributed by atoms with E-state index in [1.807, 2.05) is 19.9 Å². The fourth-order valence-electron chi connectivity index (χ4n) is 15.0. The van der Waals surface area contributed by atoms with Crippen molar-refractivity contribution in [3.63, 3.8) is 0 Å². The lowest BCUT2D eigenvalue weighted by molar-refractivity contribution is -0.219. The molecule has 16 heteroatoms. The highest BCUT2D eigenvalue weighted by molar-refractivity contribution is 6.02. The molecule has 5 unspecified atom stereocenters. The first kappa shape index (κ1) is 47.1. The van der Waals surface area contributed by atoms with Gasteiger partial charge in [-0.1, -0.05) is 51.0 Å². The quantitative estimate of drug-likeness (QED) is 0.127. The summed E-state index contributed by atoms with van der Waals surface area (Å²) in [6.07, 6.45) is 7.39. The van der Waals surface area contributed by atoms with Crippen LogP contribution in [0.5, 0.6) is 0 Å². The molecule has 0 aromatic carbocycles. The first-order chi connectivity index (χ1) is 30.4. The molecule has 0 bridgehead atoms. The molecule has 8 rings (SSSR count). The van der Waals surface area contributed by atoms with Gasteiger partial charge in [0.15, 0.2) is 30.4 Å². The Morgan fingerprint density at radius 1 is 0.738 bits per heavy atom. The van der Waals surface area contributed by atoms with Crippen LogP contribution in [0, 0.1) is 57.2 Å². The average Bonchev–Trinajstić information content (AvgIpc) is 3.63. The van der Waals surface area contributed by atoms with E-state index in [4.69, 9.17) is 18.9 Å². The molecule has 0 heterocycles. The van der Waals surface area contributed by atoms with E-state index >= 15 is 4.39 Å². The number of alkyl halides is 1. The summed E-state index contributed by atoms with van der Waals surface area (Å²) in [5.74, 6) is -6.03. The van der Waals surface area contributed by atoms with Gasteiger partial charge in [0.05, 0.1) is 25.0 Å². The van der Waals surface area contributed by atoms with E-state index in [0.29, 0.717) is 37.7 Å². The number of fused-ring (bicyclic) bond motifs is 10. The highest BCUT2D eigenvalue weighted by Crippen LogP contribution is 2.71. The van der Waals surface area contributed by atoms with Crippen LogP contribution in [0.25, 0.3) is 0 Å². The van der Waals surface area contributed by atoms with Gasteiger partial charge in [-0.3, -0.25) is 28.8 Å². The van der Waals surface area contributed by atoms with Gasteiger partial charge in [0.25, 0.3) is 0 Å². The van der Waals surface area contributed by atoms with E-state index in [1.54, 1.807) is 32.9 Å². The highest BCUT2D eigenvalue weighted by atomic mass is 19.1. The van der Waals surface area contributed by atoms with Crippen LogP contribution in [0.1, 0.15) is 105 Å². The molecule has 0 aromatic rings. The summed E-state index contributed by atoms with van der Waals surface area (Å²) in [6, 6.07) is 0. The van der Waals surface area contributed by atoms with Crippen LogP contribution < -0.4 is 0 Å². The first-order valence-corrected chi connectivity index (χ1v) is 23.0.